The van der Waals surface area contributed by atoms with Crippen LogP contribution >= 0.6 is 24.2 Å². The van der Waals surface area contributed by atoms with Crippen LogP contribution in [0.25, 0.3) is 22.3 Å². The van der Waals surface area contributed by atoms with Crippen LogP contribution in [0.15, 0.2) is 140 Å². The van der Waals surface area contributed by atoms with Gasteiger partial charge in [0.1, 0.15) is 0 Å². The summed E-state index contributed by atoms with van der Waals surface area (Å²) in [4.78, 5) is 22.8. The first kappa shape index (κ1) is 24.7. The van der Waals surface area contributed by atoms with Crippen LogP contribution in [0, 0.1) is 0 Å². The van der Waals surface area contributed by atoms with E-state index in [1.165, 1.54) is 0 Å². The summed E-state index contributed by atoms with van der Waals surface area (Å²) in [5, 5.41) is 1.29. The molecule has 0 fully saturated rings. The molecular formula is C30H25ClO3P2. The molecular weight excluding hydrogens is 506 g/mol. The van der Waals surface area contributed by atoms with Crippen molar-refractivity contribution in [3.8, 4) is 22.3 Å². The third-order valence-electron chi connectivity index (χ3n) is 6.57. The Morgan fingerprint density at radius 3 is 1.39 bits per heavy atom. The monoisotopic (exact) mass is 530 g/mol. The molecule has 2 N–H and O–H groups in total. The van der Waals surface area contributed by atoms with Crippen LogP contribution in [0.4, 0.5) is 0 Å². The van der Waals surface area contributed by atoms with E-state index < -0.39 is 12.9 Å². The van der Waals surface area contributed by atoms with E-state index in [0.717, 1.165) is 16.7 Å². The molecule has 180 valence electrons. The fraction of sp³-hybridized carbons (Fsp3) is 0. The van der Waals surface area contributed by atoms with E-state index in [1.807, 2.05) is 84.9 Å². The van der Waals surface area contributed by atoms with Crippen LogP contribution in [-0.4, -0.2) is 9.79 Å². The molecule has 3 nitrogen and oxygen atoms in total. The van der Waals surface area contributed by atoms with Gasteiger partial charge in [-0.2, -0.15) is 0 Å². The molecule has 0 spiro atoms. The van der Waals surface area contributed by atoms with Crippen LogP contribution in [0.1, 0.15) is 0 Å². The maximum absolute atomic E-state index is 14.0. The summed E-state index contributed by atoms with van der Waals surface area (Å²) in [6.45, 7) is 0. The first-order valence-electron chi connectivity index (χ1n) is 11.5. The summed E-state index contributed by atoms with van der Waals surface area (Å²) < 4.78 is 14.0. The molecule has 0 saturated heterocycles. The molecule has 6 heteroatoms. The molecule has 0 amide bonds. The zero-order chi connectivity index (χ0) is 25.3. The summed E-state index contributed by atoms with van der Waals surface area (Å²) in [6.07, 6.45) is 0. The fourth-order valence-electron chi connectivity index (χ4n) is 4.92. The van der Waals surface area contributed by atoms with Crippen molar-refractivity contribution in [2.45, 2.75) is 0 Å². The summed E-state index contributed by atoms with van der Waals surface area (Å²) >= 11 is 7.83. The Kier molecular flexibility index (Phi) is 6.47. The van der Waals surface area contributed by atoms with Crippen molar-refractivity contribution >= 4 is 40.1 Å². The average Bonchev–Trinajstić information content (AvgIpc) is 2.93. The molecule has 5 rings (SSSR count). The van der Waals surface area contributed by atoms with Crippen molar-refractivity contribution < 1.29 is 14.4 Å². The van der Waals surface area contributed by atoms with Gasteiger partial charge in [0.2, 0.25) is 0 Å². The summed E-state index contributed by atoms with van der Waals surface area (Å²) in [5.74, 6) is 0. The molecule has 0 aromatic heterocycles. The molecule has 0 aliphatic carbocycles. The number of hydrogen-bond donors (Lipinski definition) is 2. The second-order valence-electron chi connectivity index (χ2n) is 8.58. The fourth-order valence-corrected chi connectivity index (χ4v) is 14.1. The van der Waals surface area contributed by atoms with Gasteiger partial charge in [-0.3, -0.25) is 0 Å². The molecule has 0 aliphatic heterocycles. The Balaban J connectivity index is 2.05. The van der Waals surface area contributed by atoms with Gasteiger partial charge in [0.25, 0.3) is 0 Å². The molecule has 5 aromatic carbocycles. The van der Waals surface area contributed by atoms with Crippen LogP contribution in [0.3, 0.4) is 0 Å². The van der Waals surface area contributed by atoms with Crippen molar-refractivity contribution in [3.05, 3.63) is 140 Å². The Morgan fingerprint density at radius 2 is 0.944 bits per heavy atom. The van der Waals surface area contributed by atoms with Crippen LogP contribution < -0.4 is 15.9 Å². The number of rotatable bonds is 6. The molecule has 0 aliphatic rings. The molecule has 0 atom stereocenters. The van der Waals surface area contributed by atoms with E-state index in [9.17, 15) is 14.4 Å². The quantitative estimate of drug-likeness (QED) is 0.230. The number of halogens is 1. The van der Waals surface area contributed by atoms with Crippen molar-refractivity contribution in [2.75, 3.05) is 0 Å². The van der Waals surface area contributed by atoms with Crippen molar-refractivity contribution in [1.82, 2.24) is 0 Å². The number of benzene rings is 5. The second-order valence-corrected chi connectivity index (χ2v) is 19.7. The predicted molar refractivity (Wildman–Crippen MR) is 154 cm³/mol. The zero-order valence-electron chi connectivity index (χ0n) is 19.4. The molecule has 0 radical (unpaired) electrons. The summed E-state index contributed by atoms with van der Waals surface area (Å²) in [5.41, 5.74) is -1.57. The van der Waals surface area contributed by atoms with Crippen LogP contribution in [0.5, 0.6) is 0 Å². The Labute approximate surface area is 215 Å². The second kappa shape index (κ2) is 9.45. The van der Waals surface area contributed by atoms with E-state index in [0.29, 0.717) is 21.5 Å². The normalized spacial score (nSPS) is 13.0. The van der Waals surface area contributed by atoms with E-state index >= 15 is 0 Å². The van der Waals surface area contributed by atoms with Crippen LogP contribution in [0.2, 0.25) is 0 Å². The first-order chi connectivity index (χ1) is 17.4. The zero-order valence-corrected chi connectivity index (χ0v) is 21.9. The van der Waals surface area contributed by atoms with Gasteiger partial charge in [-0.15, -0.1) is 0 Å². The summed E-state index contributed by atoms with van der Waals surface area (Å²) in [6, 6.07) is 42.9. The van der Waals surface area contributed by atoms with Crippen molar-refractivity contribution in [1.29, 1.82) is 0 Å². The van der Waals surface area contributed by atoms with Crippen LogP contribution in [-0.2, 0) is 4.57 Å². The SMILES string of the molecule is O=P(O)(O)P(Cl)(c1ccccc1)(c1ccccc1)c1cccc(-c2ccccc2)c1-c1ccccc1. The van der Waals surface area contributed by atoms with Gasteiger partial charge in [0, 0.05) is 0 Å². The Morgan fingerprint density at radius 1 is 0.528 bits per heavy atom. The van der Waals surface area contributed by atoms with Gasteiger partial charge in [0.15, 0.2) is 0 Å². The van der Waals surface area contributed by atoms with E-state index in [2.05, 4.69) is 0 Å². The Bertz CT molecular complexity index is 1500. The first-order valence-corrected chi connectivity index (χ1v) is 17.0. The van der Waals surface area contributed by atoms with Gasteiger partial charge in [0.05, 0.1) is 0 Å². The van der Waals surface area contributed by atoms with E-state index in [4.69, 9.17) is 11.2 Å². The van der Waals surface area contributed by atoms with Crippen molar-refractivity contribution in [2.24, 2.45) is 0 Å². The molecule has 0 unspecified atom stereocenters. The molecule has 5 aromatic rings. The van der Waals surface area contributed by atoms with Gasteiger partial charge in [-0.25, -0.2) is 0 Å². The van der Waals surface area contributed by atoms with E-state index in [1.54, 1.807) is 54.6 Å². The minimum atomic E-state index is -5.05. The third-order valence-corrected chi connectivity index (χ3v) is 19.7. The summed E-state index contributed by atoms with van der Waals surface area (Å²) in [7, 11) is -5.05. The standard InChI is InChI=1S/C30H25ClO3P2/c31-36(35(32,33)34,26-18-9-3-10-19-26,27-20-11-4-12-21-27)29-23-13-22-28(24-14-5-1-6-15-24)30(29)25-16-7-2-8-17-25/h1-23H,(H2,32,33,34). The van der Waals surface area contributed by atoms with Gasteiger partial charge < -0.3 is 0 Å². The van der Waals surface area contributed by atoms with Gasteiger partial charge in [-0.05, 0) is 0 Å². The van der Waals surface area contributed by atoms with Crippen molar-refractivity contribution in [3.63, 3.8) is 0 Å². The molecule has 0 saturated carbocycles. The topological polar surface area (TPSA) is 57.5 Å². The van der Waals surface area contributed by atoms with Gasteiger partial charge in [-0.1, -0.05) is 0 Å². The molecule has 0 heterocycles. The molecule has 36 heavy (non-hydrogen) atoms. The number of hydrogen-bond acceptors (Lipinski definition) is 1. The van der Waals surface area contributed by atoms with Gasteiger partial charge >= 0.3 is 216 Å². The average molecular weight is 531 g/mol. The molecule has 0 bridgehead atoms. The third kappa shape index (κ3) is 3.68. The van der Waals surface area contributed by atoms with E-state index in [-0.39, 0.29) is 0 Å². The Hall–Kier alpha value is -3.03. The maximum atomic E-state index is 14.0. The predicted octanol–water partition coefficient (Wildman–Crippen LogP) is 7.10. The minimum absolute atomic E-state index is 0.423.